The van der Waals surface area contributed by atoms with Gasteiger partial charge in [0.15, 0.2) is 5.76 Å². The fraction of sp³-hybridized carbons (Fsp3) is 0.0417. The van der Waals surface area contributed by atoms with Crippen LogP contribution in [0.1, 0.15) is 36.6 Å². The van der Waals surface area contributed by atoms with Crippen molar-refractivity contribution in [3.8, 4) is 11.5 Å². The molecule has 0 radical (unpaired) electrons. The van der Waals surface area contributed by atoms with E-state index in [2.05, 4.69) is 4.74 Å². The highest BCUT2D eigenvalue weighted by Crippen LogP contribution is 2.35. The number of hydrogen-bond acceptors (Lipinski definition) is 6. The van der Waals surface area contributed by atoms with Crippen molar-refractivity contribution in [1.29, 1.82) is 0 Å². The number of fused-ring (bicyclic) bond motifs is 1. The van der Waals surface area contributed by atoms with Crippen molar-refractivity contribution < 1.29 is 28.6 Å². The van der Waals surface area contributed by atoms with Gasteiger partial charge in [-0.25, -0.2) is 9.59 Å². The number of ketones is 1. The highest BCUT2D eigenvalue weighted by atomic mass is 16.5. The molecule has 1 aliphatic rings. The molecule has 4 rings (SSSR count). The van der Waals surface area contributed by atoms with Crippen LogP contribution in [-0.2, 0) is 4.74 Å². The van der Waals surface area contributed by atoms with E-state index in [1.807, 2.05) is 6.07 Å². The third-order valence-electron chi connectivity index (χ3n) is 4.49. The lowest BCUT2D eigenvalue weighted by molar-refractivity contribution is 0.0600. The Morgan fingerprint density at radius 2 is 1.57 bits per heavy atom. The standard InChI is InChI=1S/C24H16O6/c1-28-23(26)17-9-7-15(8-10-17)13-21-22(25)19-12-11-18(14-20(19)30-21)29-24(27)16-5-3-2-4-6-16/h2-14H,1H3/b21-13-. The summed E-state index contributed by atoms with van der Waals surface area (Å²) in [6, 6.07) is 19.8. The second-order valence-electron chi connectivity index (χ2n) is 6.47. The summed E-state index contributed by atoms with van der Waals surface area (Å²) < 4.78 is 15.7. The summed E-state index contributed by atoms with van der Waals surface area (Å²) in [5.74, 6) is -0.478. The van der Waals surface area contributed by atoms with Crippen molar-refractivity contribution >= 4 is 23.8 Å². The number of benzene rings is 3. The molecule has 0 atom stereocenters. The molecule has 1 aliphatic heterocycles. The minimum Gasteiger partial charge on any atom is -0.465 e. The smallest absolute Gasteiger partial charge is 0.343 e. The van der Waals surface area contributed by atoms with Gasteiger partial charge in [-0.05, 0) is 48.0 Å². The first kappa shape index (κ1) is 19.1. The van der Waals surface area contributed by atoms with E-state index in [4.69, 9.17) is 9.47 Å². The van der Waals surface area contributed by atoms with Crippen LogP contribution in [0.2, 0.25) is 0 Å². The first-order valence-corrected chi connectivity index (χ1v) is 9.09. The molecule has 3 aromatic carbocycles. The van der Waals surface area contributed by atoms with E-state index in [-0.39, 0.29) is 17.3 Å². The fourth-order valence-electron chi connectivity index (χ4n) is 2.96. The zero-order valence-corrected chi connectivity index (χ0v) is 16.0. The number of hydrogen-bond donors (Lipinski definition) is 0. The topological polar surface area (TPSA) is 78.9 Å². The highest BCUT2D eigenvalue weighted by molar-refractivity contribution is 6.14. The van der Waals surface area contributed by atoms with Crippen molar-refractivity contribution in [2.24, 2.45) is 0 Å². The minimum atomic E-state index is -0.499. The van der Waals surface area contributed by atoms with Gasteiger partial charge in [-0.2, -0.15) is 0 Å². The largest absolute Gasteiger partial charge is 0.465 e. The molecule has 30 heavy (non-hydrogen) atoms. The van der Waals surface area contributed by atoms with E-state index in [1.54, 1.807) is 66.7 Å². The summed E-state index contributed by atoms with van der Waals surface area (Å²) in [6.07, 6.45) is 1.58. The summed E-state index contributed by atoms with van der Waals surface area (Å²) in [6.45, 7) is 0. The molecule has 0 unspecified atom stereocenters. The van der Waals surface area contributed by atoms with E-state index < -0.39 is 11.9 Å². The lowest BCUT2D eigenvalue weighted by Crippen LogP contribution is -2.08. The van der Waals surface area contributed by atoms with Crippen molar-refractivity contribution in [3.05, 3.63) is 101 Å². The predicted molar refractivity (Wildman–Crippen MR) is 109 cm³/mol. The van der Waals surface area contributed by atoms with Gasteiger partial charge >= 0.3 is 11.9 Å². The molecular weight excluding hydrogens is 384 g/mol. The molecule has 6 nitrogen and oxygen atoms in total. The van der Waals surface area contributed by atoms with Crippen LogP contribution in [0.5, 0.6) is 11.5 Å². The number of Topliss-reactive ketones (excluding diaryl/α,β-unsaturated/α-hetero) is 1. The molecule has 0 aromatic heterocycles. The zero-order valence-electron chi connectivity index (χ0n) is 16.0. The Hall–Kier alpha value is -4.19. The Bertz CT molecular complexity index is 1160. The third-order valence-corrected chi connectivity index (χ3v) is 4.49. The van der Waals surface area contributed by atoms with E-state index in [1.165, 1.54) is 13.2 Å². The van der Waals surface area contributed by atoms with Crippen molar-refractivity contribution in [3.63, 3.8) is 0 Å². The van der Waals surface area contributed by atoms with Crippen LogP contribution in [0.25, 0.3) is 6.08 Å². The number of carbonyl (C=O) groups excluding carboxylic acids is 3. The van der Waals surface area contributed by atoms with Crippen LogP contribution in [-0.4, -0.2) is 24.8 Å². The Morgan fingerprint density at radius 1 is 0.867 bits per heavy atom. The quantitative estimate of drug-likeness (QED) is 0.369. The molecule has 0 bridgehead atoms. The first-order chi connectivity index (χ1) is 14.5. The summed E-state index contributed by atoms with van der Waals surface area (Å²) >= 11 is 0. The van der Waals surface area contributed by atoms with E-state index >= 15 is 0 Å². The predicted octanol–water partition coefficient (Wildman–Crippen LogP) is 4.31. The second-order valence-corrected chi connectivity index (χ2v) is 6.47. The van der Waals surface area contributed by atoms with Crippen LogP contribution in [0.3, 0.4) is 0 Å². The van der Waals surface area contributed by atoms with Crippen LogP contribution < -0.4 is 9.47 Å². The Kier molecular flexibility index (Phi) is 5.13. The normalized spacial score (nSPS) is 13.5. The SMILES string of the molecule is COC(=O)c1ccc(/C=C2\Oc3cc(OC(=O)c4ccccc4)ccc3C2=O)cc1. The van der Waals surface area contributed by atoms with Crippen LogP contribution >= 0.6 is 0 Å². The minimum absolute atomic E-state index is 0.141. The number of allylic oxidation sites excluding steroid dienone is 1. The van der Waals surface area contributed by atoms with Crippen molar-refractivity contribution in [2.75, 3.05) is 7.11 Å². The molecule has 0 N–H and O–H groups in total. The highest BCUT2D eigenvalue weighted by Gasteiger charge is 2.28. The molecule has 1 heterocycles. The number of ether oxygens (including phenoxy) is 3. The number of carbonyl (C=O) groups is 3. The molecule has 148 valence electrons. The molecule has 3 aromatic rings. The molecule has 0 aliphatic carbocycles. The van der Waals surface area contributed by atoms with Gasteiger partial charge in [0.2, 0.25) is 5.78 Å². The summed E-state index contributed by atoms with van der Waals surface area (Å²) in [4.78, 5) is 36.3. The van der Waals surface area contributed by atoms with Crippen molar-refractivity contribution in [2.45, 2.75) is 0 Å². The third kappa shape index (κ3) is 3.84. The Morgan fingerprint density at radius 3 is 2.27 bits per heavy atom. The molecule has 6 heteroatoms. The average molecular weight is 400 g/mol. The van der Waals surface area contributed by atoms with Gasteiger partial charge in [-0.1, -0.05) is 30.3 Å². The lowest BCUT2D eigenvalue weighted by atomic mass is 10.1. The monoisotopic (exact) mass is 400 g/mol. The summed E-state index contributed by atoms with van der Waals surface area (Å²) in [5, 5.41) is 0. The average Bonchev–Trinajstić information content (AvgIpc) is 3.08. The number of esters is 2. The van der Waals surface area contributed by atoms with Gasteiger partial charge in [0.25, 0.3) is 0 Å². The molecule has 0 fully saturated rings. The van der Waals surface area contributed by atoms with Crippen LogP contribution in [0.15, 0.2) is 78.6 Å². The fourth-order valence-corrected chi connectivity index (χ4v) is 2.96. The van der Waals surface area contributed by atoms with Gasteiger partial charge < -0.3 is 14.2 Å². The van der Waals surface area contributed by atoms with Crippen LogP contribution in [0.4, 0.5) is 0 Å². The Labute approximate surface area is 172 Å². The van der Waals surface area contributed by atoms with Gasteiger partial charge in [0, 0.05) is 6.07 Å². The second kappa shape index (κ2) is 8.05. The number of methoxy groups -OCH3 is 1. The zero-order chi connectivity index (χ0) is 21.1. The van der Waals surface area contributed by atoms with E-state index in [0.717, 1.165) is 0 Å². The molecule has 0 spiro atoms. The van der Waals surface area contributed by atoms with Gasteiger partial charge in [0.05, 0.1) is 23.8 Å². The summed E-state index contributed by atoms with van der Waals surface area (Å²) in [7, 11) is 1.31. The molecule has 0 saturated carbocycles. The maximum Gasteiger partial charge on any atom is 0.343 e. The molecule has 0 amide bonds. The van der Waals surface area contributed by atoms with Crippen LogP contribution in [0, 0.1) is 0 Å². The van der Waals surface area contributed by atoms with Crippen molar-refractivity contribution in [1.82, 2.24) is 0 Å². The van der Waals surface area contributed by atoms with Gasteiger partial charge in [0.1, 0.15) is 11.5 Å². The molecular formula is C24H16O6. The Balaban J connectivity index is 1.52. The van der Waals surface area contributed by atoms with E-state index in [0.29, 0.717) is 28.0 Å². The maximum atomic E-state index is 12.6. The lowest BCUT2D eigenvalue weighted by Gasteiger charge is -2.05. The first-order valence-electron chi connectivity index (χ1n) is 9.09. The summed E-state index contributed by atoms with van der Waals surface area (Å²) in [5.41, 5.74) is 1.90. The van der Waals surface area contributed by atoms with Gasteiger partial charge in [-0.3, -0.25) is 4.79 Å². The molecule has 0 saturated heterocycles. The number of rotatable bonds is 4. The van der Waals surface area contributed by atoms with Gasteiger partial charge in [-0.15, -0.1) is 0 Å². The maximum absolute atomic E-state index is 12.6. The van der Waals surface area contributed by atoms with E-state index in [9.17, 15) is 14.4 Å².